The Kier molecular flexibility index (Phi) is 5.38. The summed E-state index contributed by atoms with van der Waals surface area (Å²) in [5.41, 5.74) is -2.14. The summed E-state index contributed by atoms with van der Waals surface area (Å²) < 4.78 is 31.6. The Morgan fingerprint density at radius 3 is 2.11 bits per heavy atom. The third kappa shape index (κ3) is 4.67. The van der Waals surface area contributed by atoms with E-state index in [2.05, 4.69) is 11.7 Å². The Bertz CT molecular complexity index is 183. The number of hydrogen-bond acceptors (Lipinski definition) is 2. The van der Waals surface area contributed by atoms with Crippen molar-refractivity contribution in [2.75, 3.05) is 0 Å². The van der Waals surface area contributed by atoms with Crippen LogP contribution >= 0.6 is 0 Å². The molecule has 0 aromatic rings. The second-order valence-corrected chi connectivity index (χ2v) is 2.80. The van der Waals surface area contributed by atoms with Crippen molar-refractivity contribution in [1.82, 2.24) is 0 Å². The van der Waals surface area contributed by atoms with Crippen molar-refractivity contribution in [1.29, 1.82) is 0 Å². The zero-order valence-corrected chi connectivity index (χ0v) is 5.86. The molecule has 0 heterocycles. The van der Waals surface area contributed by atoms with E-state index in [4.69, 9.17) is 0 Å². The second-order valence-electron chi connectivity index (χ2n) is 1.18. The fraction of sp³-hybridized carbons (Fsp3) is 0.333. The monoisotopic (exact) mass is 147 g/mol. The van der Waals surface area contributed by atoms with E-state index in [-0.39, 0.29) is 20.3 Å². The number of sulfonamides is 1. The molecule has 0 aromatic carbocycles. The van der Waals surface area contributed by atoms with Crippen molar-refractivity contribution in [3.05, 3.63) is 12.7 Å². The SMILES string of the molecule is C=CC(F)S(N)(=O)=O.[H-].[Li+]. The maximum absolute atomic E-state index is 11.8. The normalized spacial score (nSPS) is 13.6. The molecule has 0 saturated carbocycles. The largest absolute Gasteiger partial charge is 1.00 e. The van der Waals surface area contributed by atoms with Gasteiger partial charge in [-0.15, -0.1) is 0 Å². The maximum atomic E-state index is 11.8. The maximum Gasteiger partial charge on any atom is 1.00 e. The minimum Gasteiger partial charge on any atom is -1.00 e. The standard InChI is InChI=1S/C3H6FNO2S.Li.H/c1-2-3(4)8(5,6)7;;/h2-3H,1H2,(H2,5,6,7);;/q;+1;-1. The van der Waals surface area contributed by atoms with Crippen molar-refractivity contribution in [3.8, 4) is 0 Å². The molecule has 0 saturated heterocycles. The van der Waals surface area contributed by atoms with Gasteiger partial charge in [-0.3, -0.25) is 0 Å². The smallest absolute Gasteiger partial charge is 1.00 e. The van der Waals surface area contributed by atoms with E-state index in [9.17, 15) is 12.8 Å². The number of rotatable bonds is 2. The van der Waals surface area contributed by atoms with Crippen LogP contribution in [0, 0.1) is 0 Å². The van der Waals surface area contributed by atoms with Crippen molar-refractivity contribution >= 4 is 10.0 Å². The Labute approximate surface area is 66.8 Å². The van der Waals surface area contributed by atoms with Crippen molar-refractivity contribution in [2.24, 2.45) is 5.14 Å². The molecule has 0 aromatic heterocycles. The molecule has 0 amide bonds. The molecule has 50 valence electrons. The summed E-state index contributed by atoms with van der Waals surface area (Å²) in [6.45, 7) is 2.89. The summed E-state index contributed by atoms with van der Waals surface area (Å²) in [4.78, 5) is 0. The minimum atomic E-state index is -4.04. The molecule has 0 bridgehead atoms. The van der Waals surface area contributed by atoms with E-state index < -0.39 is 15.5 Å². The van der Waals surface area contributed by atoms with E-state index in [1.54, 1.807) is 0 Å². The topological polar surface area (TPSA) is 60.2 Å². The molecule has 2 N–H and O–H groups in total. The molecule has 0 spiro atoms. The zero-order valence-electron chi connectivity index (χ0n) is 6.04. The van der Waals surface area contributed by atoms with Gasteiger partial charge in [0.15, 0.2) is 0 Å². The van der Waals surface area contributed by atoms with Crippen LogP contribution in [-0.4, -0.2) is 13.9 Å². The number of alkyl halides is 1. The van der Waals surface area contributed by atoms with Crippen LogP contribution in [0.1, 0.15) is 1.43 Å². The molecule has 0 radical (unpaired) electrons. The molecule has 3 nitrogen and oxygen atoms in total. The summed E-state index contributed by atoms with van der Waals surface area (Å²) >= 11 is 0. The molecule has 0 aliphatic carbocycles. The van der Waals surface area contributed by atoms with Gasteiger partial charge in [0.25, 0.3) is 0 Å². The molecule has 9 heavy (non-hydrogen) atoms. The van der Waals surface area contributed by atoms with Crippen molar-refractivity contribution in [3.63, 3.8) is 0 Å². The van der Waals surface area contributed by atoms with Gasteiger partial charge in [0.2, 0.25) is 15.5 Å². The van der Waals surface area contributed by atoms with Crippen LogP contribution in [0.25, 0.3) is 0 Å². The van der Waals surface area contributed by atoms with Crippen LogP contribution in [0.3, 0.4) is 0 Å². The van der Waals surface area contributed by atoms with E-state index >= 15 is 0 Å². The molecule has 1 unspecified atom stereocenters. The average Bonchev–Trinajstić information content (AvgIpc) is 1.62. The molecule has 0 aliphatic heterocycles. The third-order valence-electron chi connectivity index (χ3n) is 0.499. The molecular weight excluding hydrogens is 140 g/mol. The molecular formula is C3H7FLiNO2S. The first-order chi connectivity index (χ1) is 3.48. The Morgan fingerprint density at radius 2 is 2.11 bits per heavy atom. The van der Waals surface area contributed by atoms with Gasteiger partial charge < -0.3 is 1.43 Å². The van der Waals surface area contributed by atoms with Gasteiger partial charge in [-0.2, -0.15) is 0 Å². The van der Waals surface area contributed by atoms with Crippen LogP contribution < -0.4 is 24.0 Å². The Balaban J connectivity index is -0.000000245. The minimum absolute atomic E-state index is 0. The third-order valence-corrected chi connectivity index (χ3v) is 1.32. The first-order valence-corrected chi connectivity index (χ1v) is 3.37. The summed E-state index contributed by atoms with van der Waals surface area (Å²) in [5, 5.41) is 4.32. The summed E-state index contributed by atoms with van der Waals surface area (Å²) in [6.07, 6.45) is 0.620. The van der Waals surface area contributed by atoms with Gasteiger partial charge in [0, 0.05) is 0 Å². The fourth-order valence-corrected chi connectivity index (χ4v) is 0.402. The first-order valence-electron chi connectivity index (χ1n) is 1.76. The van der Waals surface area contributed by atoms with Crippen LogP contribution in [0.2, 0.25) is 0 Å². The molecule has 6 heteroatoms. The second kappa shape index (κ2) is 4.07. The molecule has 0 fully saturated rings. The van der Waals surface area contributed by atoms with Gasteiger partial charge in [0.1, 0.15) is 0 Å². The van der Waals surface area contributed by atoms with E-state index in [1.807, 2.05) is 0 Å². The quantitative estimate of drug-likeness (QED) is 0.331. The van der Waals surface area contributed by atoms with Crippen LogP contribution in [0.15, 0.2) is 12.7 Å². The molecule has 1 atom stereocenters. The average molecular weight is 147 g/mol. The molecule has 0 rings (SSSR count). The van der Waals surface area contributed by atoms with Gasteiger partial charge in [-0.25, -0.2) is 17.9 Å². The van der Waals surface area contributed by atoms with Gasteiger partial charge in [-0.05, 0) is 6.08 Å². The van der Waals surface area contributed by atoms with Gasteiger partial charge in [-0.1, -0.05) is 6.58 Å². The van der Waals surface area contributed by atoms with E-state index in [1.165, 1.54) is 0 Å². The van der Waals surface area contributed by atoms with Crippen LogP contribution in [-0.2, 0) is 10.0 Å². The fourth-order valence-electron chi connectivity index (χ4n) is 0.134. The van der Waals surface area contributed by atoms with Gasteiger partial charge in [0.05, 0.1) is 0 Å². The van der Waals surface area contributed by atoms with Crippen molar-refractivity contribution < 1.29 is 33.1 Å². The Hall–Kier alpha value is 0.177. The molecule has 0 aliphatic rings. The summed E-state index contributed by atoms with van der Waals surface area (Å²) in [6, 6.07) is 0. The van der Waals surface area contributed by atoms with Crippen LogP contribution in [0.4, 0.5) is 4.39 Å². The van der Waals surface area contributed by atoms with Crippen LogP contribution in [0.5, 0.6) is 0 Å². The summed E-state index contributed by atoms with van der Waals surface area (Å²) in [7, 11) is -4.04. The van der Waals surface area contributed by atoms with E-state index in [0.717, 1.165) is 0 Å². The van der Waals surface area contributed by atoms with Crippen molar-refractivity contribution in [2.45, 2.75) is 5.50 Å². The number of hydrogen-bond donors (Lipinski definition) is 1. The first kappa shape index (κ1) is 11.9. The number of nitrogens with two attached hydrogens (primary N) is 1. The zero-order chi connectivity index (χ0) is 6.78. The Morgan fingerprint density at radius 1 is 1.78 bits per heavy atom. The summed E-state index contributed by atoms with van der Waals surface area (Å²) in [5.74, 6) is 0. The number of halogens is 1. The number of primary sulfonamides is 1. The van der Waals surface area contributed by atoms with E-state index in [0.29, 0.717) is 6.08 Å². The van der Waals surface area contributed by atoms with Gasteiger partial charge >= 0.3 is 18.9 Å². The predicted octanol–water partition coefficient (Wildman–Crippen LogP) is -3.13. The predicted molar refractivity (Wildman–Crippen MR) is 29.3 cm³/mol.